The summed E-state index contributed by atoms with van der Waals surface area (Å²) in [5, 5.41) is 3.41. The summed E-state index contributed by atoms with van der Waals surface area (Å²) in [6.45, 7) is 2.21. The zero-order valence-electron chi connectivity index (χ0n) is 10.5. The molecule has 1 aromatic heterocycles. The number of hydrogen-bond donors (Lipinski definition) is 2. The summed E-state index contributed by atoms with van der Waals surface area (Å²) in [7, 11) is 1.99. The van der Waals surface area contributed by atoms with Gasteiger partial charge in [-0.25, -0.2) is 4.79 Å². The average molecular weight is 264 g/mol. The Bertz CT molecular complexity index is 646. The lowest BCUT2D eigenvalue weighted by atomic mass is 9.87. The second-order valence-electron chi connectivity index (χ2n) is 4.89. The number of rotatable bonds is 1. The third-order valence-electron chi connectivity index (χ3n) is 3.75. The minimum absolute atomic E-state index is 0.0405. The zero-order chi connectivity index (χ0) is 12.8. The molecule has 1 aliphatic heterocycles. The van der Waals surface area contributed by atoms with Gasteiger partial charge in [0.05, 0.1) is 5.52 Å². The summed E-state index contributed by atoms with van der Waals surface area (Å²) >= 11 is 1.84. The van der Waals surface area contributed by atoms with Gasteiger partial charge in [0.15, 0.2) is 5.58 Å². The van der Waals surface area contributed by atoms with Crippen LogP contribution >= 0.6 is 11.8 Å². The maximum absolute atomic E-state index is 11.3. The largest absolute Gasteiger partial charge is 0.417 e. The molecule has 0 amide bonds. The summed E-state index contributed by atoms with van der Waals surface area (Å²) in [5.74, 6) is 0.714. The Balaban J connectivity index is 2.27. The Morgan fingerprint density at radius 1 is 1.50 bits per heavy atom. The zero-order valence-corrected chi connectivity index (χ0v) is 11.3. The van der Waals surface area contributed by atoms with Gasteiger partial charge in [-0.1, -0.05) is 0 Å². The van der Waals surface area contributed by atoms with Gasteiger partial charge in [0, 0.05) is 10.4 Å². The van der Waals surface area contributed by atoms with Gasteiger partial charge in [-0.05, 0) is 50.3 Å². The highest BCUT2D eigenvalue weighted by atomic mass is 32.2. The number of thioether (sulfide) groups is 1. The van der Waals surface area contributed by atoms with Gasteiger partial charge in [-0.2, -0.15) is 0 Å². The van der Waals surface area contributed by atoms with E-state index >= 15 is 0 Å². The number of fused-ring (bicyclic) bond motifs is 2. The van der Waals surface area contributed by atoms with Crippen molar-refractivity contribution in [3.63, 3.8) is 0 Å². The van der Waals surface area contributed by atoms with Gasteiger partial charge in [0.25, 0.3) is 0 Å². The third-order valence-corrected chi connectivity index (χ3v) is 4.89. The second-order valence-corrected chi connectivity index (χ2v) is 6.03. The molecular formula is C13H16N2O2S. The van der Waals surface area contributed by atoms with E-state index in [-0.39, 0.29) is 11.3 Å². The number of aromatic amines is 1. The summed E-state index contributed by atoms with van der Waals surface area (Å²) in [6.07, 6.45) is 2.27. The maximum atomic E-state index is 11.3. The number of nitrogens with one attached hydrogen (secondary N) is 2. The maximum Gasteiger partial charge on any atom is 0.417 e. The molecule has 2 aromatic rings. The topological polar surface area (TPSA) is 58.0 Å². The molecule has 1 unspecified atom stereocenters. The molecule has 4 nitrogen and oxygen atoms in total. The van der Waals surface area contributed by atoms with E-state index in [0.29, 0.717) is 5.58 Å². The molecule has 96 valence electrons. The first-order valence-corrected chi connectivity index (χ1v) is 7.10. The fourth-order valence-corrected chi connectivity index (χ4v) is 3.67. The van der Waals surface area contributed by atoms with Gasteiger partial charge in [0.2, 0.25) is 0 Å². The predicted octanol–water partition coefficient (Wildman–Crippen LogP) is 2.44. The van der Waals surface area contributed by atoms with Crippen LogP contribution in [0.25, 0.3) is 11.1 Å². The lowest BCUT2D eigenvalue weighted by Crippen LogP contribution is -2.36. The van der Waals surface area contributed by atoms with Gasteiger partial charge in [-0.3, -0.25) is 4.98 Å². The van der Waals surface area contributed by atoms with Crippen LogP contribution in [0.2, 0.25) is 0 Å². The highest BCUT2D eigenvalue weighted by Crippen LogP contribution is 2.40. The molecule has 1 aromatic carbocycles. The van der Waals surface area contributed by atoms with Gasteiger partial charge in [0.1, 0.15) is 0 Å². The lowest BCUT2D eigenvalue weighted by molar-refractivity contribution is 0.364. The van der Waals surface area contributed by atoms with E-state index in [0.717, 1.165) is 17.7 Å². The molecule has 1 aliphatic rings. The average Bonchev–Trinajstić information content (AvgIpc) is 2.64. The van der Waals surface area contributed by atoms with Crippen molar-refractivity contribution in [2.24, 2.45) is 0 Å². The molecule has 2 N–H and O–H groups in total. The fraction of sp³-hybridized carbons (Fsp3) is 0.462. The van der Waals surface area contributed by atoms with Crippen LogP contribution in [0.1, 0.15) is 25.3 Å². The van der Waals surface area contributed by atoms with Crippen LogP contribution in [-0.4, -0.2) is 17.8 Å². The van der Waals surface area contributed by atoms with Crippen LogP contribution < -0.4 is 11.1 Å². The molecule has 0 saturated carbocycles. The van der Waals surface area contributed by atoms with E-state index in [1.807, 2.05) is 30.9 Å². The Kier molecular flexibility index (Phi) is 2.75. The van der Waals surface area contributed by atoms with Crippen molar-refractivity contribution in [2.45, 2.75) is 30.2 Å². The molecule has 1 atom stereocenters. The number of oxazole rings is 1. The second kappa shape index (κ2) is 4.17. The minimum atomic E-state index is -0.388. The van der Waals surface area contributed by atoms with Crippen molar-refractivity contribution >= 4 is 22.9 Å². The molecule has 18 heavy (non-hydrogen) atoms. The quantitative estimate of drug-likeness (QED) is 0.830. The summed E-state index contributed by atoms with van der Waals surface area (Å²) in [5.41, 5.74) is 2.63. The van der Waals surface area contributed by atoms with Crippen molar-refractivity contribution in [3.8, 4) is 0 Å². The Hall–Kier alpha value is -1.20. The van der Waals surface area contributed by atoms with Gasteiger partial charge in [-0.15, -0.1) is 11.8 Å². The van der Waals surface area contributed by atoms with Crippen molar-refractivity contribution in [3.05, 3.63) is 28.2 Å². The van der Waals surface area contributed by atoms with Crippen molar-refractivity contribution < 1.29 is 4.42 Å². The molecule has 0 spiro atoms. The number of aromatic nitrogens is 1. The summed E-state index contributed by atoms with van der Waals surface area (Å²) in [6, 6.07) is 4.03. The minimum Gasteiger partial charge on any atom is -0.408 e. The van der Waals surface area contributed by atoms with E-state index in [1.54, 1.807) is 0 Å². The van der Waals surface area contributed by atoms with E-state index in [4.69, 9.17) is 4.42 Å². The first-order chi connectivity index (χ1) is 8.62. The molecule has 0 bridgehead atoms. The van der Waals surface area contributed by atoms with Crippen LogP contribution in [0.5, 0.6) is 0 Å². The van der Waals surface area contributed by atoms with E-state index in [9.17, 15) is 4.79 Å². The number of hydrogen-bond acceptors (Lipinski definition) is 4. The molecular weight excluding hydrogens is 248 g/mol. The summed E-state index contributed by atoms with van der Waals surface area (Å²) in [4.78, 5) is 15.2. The predicted molar refractivity (Wildman–Crippen MR) is 73.2 cm³/mol. The molecule has 0 saturated heterocycles. The molecule has 0 fully saturated rings. The molecule has 0 aliphatic carbocycles. The Labute approximate surface area is 109 Å². The highest BCUT2D eigenvalue weighted by Gasteiger charge is 2.30. The molecule has 0 radical (unpaired) electrons. The van der Waals surface area contributed by atoms with Crippen LogP contribution in [0, 0.1) is 0 Å². The van der Waals surface area contributed by atoms with E-state index in [2.05, 4.69) is 17.2 Å². The number of benzene rings is 1. The van der Waals surface area contributed by atoms with Crippen molar-refractivity contribution in [2.75, 3.05) is 12.8 Å². The standard InChI is InChI=1S/C13H16N2O2S/c1-13(14-2)4-3-5-18-11-7-10-9(6-8(11)13)15-12(16)17-10/h6-7,14H,3-5H2,1-2H3,(H,15,16). The highest BCUT2D eigenvalue weighted by molar-refractivity contribution is 7.99. The van der Waals surface area contributed by atoms with Gasteiger partial charge >= 0.3 is 5.76 Å². The van der Waals surface area contributed by atoms with Crippen LogP contribution in [-0.2, 0) is 5.54 Å². The van der Waals surface area contributed by atoms with Crippen molar-refractivity contribution in [1.29, 1.82) is 0 Å². The Morgan fingerprint density at radius 2 is 2.33 bits per heavy atom. The van der Waals surface area contributed by atoms with E-state index in [1.165, 1.54) is 16.9 Å². The normalized spacial score (nSPS) is 23.9. The van der Waals surface area contributed by atoms with Crippen LogP contribution in [0.15, 0.2) is 26.2 Å². The number of H-pyrrole nitrogens is 1. The van der Waals surface area contributed by atoms with Crippen LogP contribution in [0.3, 0.4) is 0 Å². The first kappa shape index (κ1) is 11.9. The first-order valence-electron chi connectivity index (χ1n) is 6.11. The SMILES string of the molecule is CNC1(C)CCCSc2cc3oc(=O)[nH]c3cc21. The molecule has 5 heteroatoms. The smallest absolute Gasteiger partial charge is 0.408 e. The Morgan fingerprint density at radius 3 is 3.11 bits per heavy atom. The summed E-state index contributed by atoms with van der Waals surface area (Å²) < 4.78 is 5.13. The van der Waals surface area contributed by atoms with E-state index < -0.39 is 0 Å². The molecule has 2 heterocycles. The lowest BCUT2D eigenvalue weighted by Gasteiger charge is -2.29. The van der Waals surface area contributed by atoms with Crippen molar-refractivity contribution in [1.82, 2.24) is 10.3 Å². The monoisotopic (exact) mass is 264 g/mol. The third kappa shape index (κ3) is 1.78. The van der Waals surface area contributed by atoms with Crippen LogP contribution in [0.4, 0.5) is 0 Å². The fourth-order valence-electron chi connectivity index (χ4n) is 2.53. The van der Waals surface area contributed by atoms with Gasteiger partial charge < -0.3 is 9.73 Å². The molecule has 3 rings (SSSR count).